The molecule has 0 aromatic heterocycles. The topological polar surface area (TPSA) is 49.8 Å². The molecule has 0 radical (unpaired) electrons. The average molecular weight is 295 g/mol. The molecule has 1 heterocycles. The van der Waals surface area contributed by atoms with Crippen LogP contribution >= 0.6 is 0 Å². The zero-order valence-corrected chi connectivity index (χ0v) is 12.5. The van der Waals surface area contributed by atoms with E-state index in [-0.39, 0.29) is 18.3 Å². The van der Waals surface area contributed by atoms with Crippen LogP contribution in [-0.2, 0) is 11.2 Å². The van der Waals surface area contributed by atoms with Crippen LogP contribution in [0.3, 0.4) is 0 Å². The van der Waals surface area contributed by atoms with Crippen molar-refractivity contribution in [3.8, 4) is 5.75 Å². The summed E-state index contributed by atoms with van der Waals surface area (Å²) in [6.07, 6.45) is 1.52. The third kappa shape index (κ3) is 4.43. The molecule has 0 spiro atoms. The van der Waals surface area contributed by atoms with E-state index in [0.717, 1.165) is 24.4 Å². The molecule has 116 valence electrons. The number of hydrogen-bond donors (Lipinski definition) is 1. The molecule has 0 fully saturated rings. The minimum atomic E-state index is -0.765. The van der Waals surface area contributed by atoms with E-state index in [1.54, 1.807) is 6.07 Å². The van der Waals surface area contributed by atoms with Gasteiger partial charge in [0.15, 0.2) is 0 Å². The van der Waals surface area contributed by atoms with Crippen molar-refractivity contribution in [3.63, 3.8) is 0 Å². The number of aliphatic carboxylic acids is 1. The van der Waals surface area contributed by atoms with Gasteiger partial charge >= 0.3 is 5.97 Å². The molecule has 0 saturated heterocycles. The number of benzene rings is 1. The van der Waals surface area contributed by atoms with Crippen molar-refractivity contribution in [2.24, 2.45) is 0 Å². The van der Waals surface area contributed by atoms with Gasteiger partial charge in [0.05, 0.1) is 0 Å². The predicted molar refractivity (Wildman–Crippen MR) is 78.1 cm³/mol. The van der Waals surface area contributed by atoms with Crippen molar-refractivity contribution in [1.29, 1.82) is 0 Å². The fourth-order valence-electron chi connectivity index (χ4n) is 2.65. The number of rotatable bonds is 7. The molecule has 1 atom stereocenters. The molecule has 5 heteroatoms. The molecule has 1 aromatic rings. The average Bonchev–Trinajstić information content (AvgIpc) is 2.78. The fraction of sp³-hybridized carbons (Fsp3) is 0.562. The summed E-state index contributed by atoms with van der Waals surface area (Å²) >= 11 is 0. The molecule has 1 aromatic carbocycles. The Balaban J connectivity index is 1.89. The van der Waals surface area contributed by atoms with Crippen molar-refractivity contribution in [1.82, 2.24) is 4.90 Å². The van der Waals surface area contributed by atoms with Crippen LogP contribution in [0, 0.1) is 5.82 Å². The maximum absolute atomic E-state index is 13.2. The van der Waals surface area contributed by atoms with E-state index in [0.29, 0.717) is 18.9 Å². The predicted octanol–water partition coefficient (Wildman–Crippen LogP) is 2.70. The molecule has 0 bridgehead atoms. The molecular weight excluding hydrogens is 273 g/mol. The first kappa shape index (κ1) is 15.8. The second kappa shape index (κ2) is 6.89. The Bertz CT molecular complexity index is 504. The lowest BCUT2D eigenvalue weighted by Gasteiger charge is -2.28. The van der Waals surface area contributed by atoms with E-state index >= 15 is 0 Å². The Morgan fingerprint density at radius 2 is 2.29 bits per heavy atom. The Morgan fingerprint density at radius 3 is 2.95 bits per heavy atom. The van der Waals surface area contributed by atoms with Gasteiger partial charge < -0.3 is 9.84 Å². The first-order chi connectivity index (χ1) is 9.95. The highest BCUT2D eigenvalue weighted by molar-refractivity contribution is 5.66. The summed E-state index contributed by atoms with van der Waals surface area (Å²) in [6.45, 7) is 5.63. The standard InChI is InChI=1S/C16H22FNO3/c1-11(2)18(7-3-4-16(19)20)10-14-9-12-8-13(17)5-6-15(12)21-14/h5-6,8,11,14H,3-4,7,9-10H2,1-2H3,(H,19,20). The molecule has 0 aliphatic carbocycles. The number of fused-ring (bicyclic) bond motifs is 1. The SMILES string of the molecule is CC(C)N(CCCC(=O)O)CC1Cc2cc(F)ccc2O1. The Morgan fingerprint density at radius 1 is 1.52 bits per heavy atom. The molecule has 0 amide bonds. The quantitative estimate of drug-likeness (QED) is 0.840. The van der Waals surface area contributed by atoms with E-state index in [9.17, 15) is 9.18 Å². The molecule has 1 unspecified atom stereocenters. The summed E-state index contributed by atoms with van der Waals surface area (Å²) in [6, 6.07) is 4.94. The van der Waals surface area contributed by atoms with Crippen LogP contribution in [-0.4, -0.2) is 41.2 Å². The van der Waals surface area contributed by atoms with E-state index < -0.39 is 5.97 Å². The van der Waals surface area contributed by atoms with Crippen LogP contribution in [0.25, 0.3) is 0 Å². The molecule has 1 aliphatic heterocycles. The summed E-state index contributed by atoms with van der Waals surface area (Å²) in [4.78, 5) is 12.8. The van der Waals surface area contributed by atoms with Crippen LogP contribution in [0.5, 0.6) is 5.75 Å². The zero-order valence-electron chi connectivity index (χ0n) is 12.5. The number of halogens is 1. The second-order valence-corrected chi connectivity index (χ2v) is 5.78. The number of carboxylic acids is 1. The van der Waals surface area contributed by atoms with Gasteiger partial charge in [-0.3, -0.25) is 9.69 Å². The minimum absolute atomic E-state index is 0.00836. The van der Waals surface area contributed by atoms with Crippen molar-refractivity contribution in [3.05, 3.63) is 29.6 Å². The van der Waals surface area contributed by atoms with Crippen LogP contribution in [0.2, 0.25) is 0 Å². The zero-order chi connectivity index (χ0) is 15.4. The number of carboxylic acid groups (broad SMARTS) is 1. The summed E-state index contributed by atoms with van der Waals surface area (Å²) in [5, 5.41) is 8.71. The van der Waals surface area contributed by atoms with Crippen molar-refractivity contribution < 1.29 is 19.0 Å². The van der Waals surface area contributed by atoms with Crippen LogP contribution < -0.4 is 4.74 Å². The normalized spacial score (nSPS) is 17.1. The van der Waals surface area contributed by atoms with Crippen LogP contribution in [0.1, 0.15) is 32.3 Å². The van der Waals surface area contributed by atoms with Crippen molar-refractivity contribution in [2.45, 2.75) is 45.3 Å². The van der Waals surface area contributed by atoms with Gasteiger partial charge in [-0.2, -0.15) is 0 Å². The number of ether oxygens (including phenoxy) is 1. The lowest BCUT2D eigenvalue weighted by molar-refractivity contribution is -0.137. The molecule has 1 aliphatic rings. The Labute approximate surface area is 124 Å². The summed E-state index contributed by atoms with van der Waals surface area (Å²) in [5.74, 6) is -0.241. The van der Waals surface area contributed by atoms with Gasteiger partial charge in [-0.05, 0) is 45.0 Å². The summed E-state index contributed by atoms with van der Waals surface area (Å²) < 4.78 is 19.0. The molecule has 0 saturated carbocycles. The highest BCUT2D eigenvalue weighted by Gasteiger charge is 2.26. The third-order valence-electron chi connectivity index (χ3n) is 3.77. The highest BCUT2D eigenvalue weighted by Crippen LogP contribution is 2.29. The fourth-order valence-corrected chi connectivity index (χ4v) is 2.65. The maximum Gasteiger partial charge on any atom is 0.303 e. The number of carbonyl (C=O) groups is 1. The van der Waals surface area contributed by atoms with Gasteiger partial charge in [-0.25, -0.2) is 4.39 Å². The van der Waals surface area contributed by atoms with Gasteiger partial charge in [0.25, 0.3) is 0 Å². The highest BCUT2D eigenvalue weighted by atomic mass is 19.1. The lowest BCUT2D eigenvalue weighted by atomic mass is 10.1. The molecule has 4 nitrogen and oxygen atoms in total. The van der Waals surface area contributed by atoms with Gasteiger partial charge in [0, 0.05) is 31.0 Å². The van der Waals surface area contributed by atoms with Gasteiger partial charge in [-0.15, -0.1) is 0 Å². The van der Waals surface area contributed by atoms with E-state index in [4.69, 9.17) is 9.84 Å². The summed E-state index contributed by atoms with van der Waals surface area (Å²) in [7, 11) is 0. The summed E-state index contributed by atoms with van der Waals surface area (Å²) in [5.41, 5.74) is 0.911. The lowest BCUT2D eigenvalue weighted by Crippen LogP contribution is -2.40. The van der Waals surface area contributed by atoms with E-state index in [1.165, 1.54) is 12.1 Å². The maximum atomic E-state index is 13.2. The monoisotopic (exact) mass is 295 g/mol. The minimum Gasteiger partial charge on any atom is -0.488 e. The third-order valence-corrected chi connectivity index (χ3v) is 3.77. The van der Waals surface area contributed by atoms with Crippen LogP contribution in [0.15, 0.2) is 18.2 Å². The number of hydrogen-bond acceptors (Lipinski definition) is 3. The van der Waals surface area contributed by atoms with Crippen molar-refractivity contribution in [2.75, 3.05) is 13.1 Å². The molecule has 2 rings (SSSR count). The number of nitrogens with zero attached hydrogens (tertiary/aromatic N) is 1. The van der Waals surface area contributed by atoms with E-state index in [2.05, 4.69) is 18.7 Å². The Kier molecular flexibility index (Phi) is 5.17. The molecule has 21 heavy (non-hydrogen) atoms. The van der Waals surface area contributed by atoms with Gasteiger partial charge in [-0.1, -0.05) is 0 Å². The molecular formula is C16H22FNO3. The van der Waals surface area contributed by atoms with Crippen LogP contribution in [0.4, 0.5) is 4.39 Å². The smallest absolute Gasteiger partial charge is 0.303 e. The first-order valence-electron chi connectivity index (χ1n) is 7.36. The van der Waals surface area contributed by atoms with Gasteiger partial charge in [0.2, 0.25) is 0 Å². The largest absolute Gasteiger partial charge is 0.488 e. The second-order valence-electron chi connectivity index (χ2n) is 5.78. The van der Waals surface area contributed by atoms with Gasteiger partial charge in [0.1, 0.15) is 17.7 Å². The molecule has 1 N–H and O–H groups in total. The van der Waals surface area contributed by atoms with Crippen molar-refractivity contribution >= 4 is 5.97 Å². The Hall–Kier alpha value is -1.62. The van der Waals surface area contributed by atoms with E-state index in [1.807, 2.05) is 0 Å². The first-order valence-corrected chi connectivity index (χ1v) is 7.36.